The third kappa shape index (κ3) is 4.23. The van der Waals surface area contributed by atoms with Gasteiger partial charge in [-0.3, -0.25) is 9.59 Å². The fraction of sp³-hybridized carbons (Fsp3) is 0.176. The van der Waals surface area contributed by atoms with Gasteiger partial charge in [0.05, 0.1) is 18.5 Å². The number of carbonyl (C=O) groups is 2. The van der Waals surface area contributed by atoms with E-state index in [9.17, 15) is 9.59 Å². The molecule has 0 unspecified atom stereocenters. The highest BCUT2D eigenvalue weighted by atomic mass is 16.5. The Balaban J connectivity index is 1.98. The second-order valence-electron chi connectivity index (χ2n) is 5.04. The maximum absolute atomic E-state index is 11.9. The van der Waals surface area contributed by atoms with Gasteiger partial charge in [-0.15, -0.1) is 0 Å². The van der Waals surface area contributed by atoms with E-state index in [1.165, 1.54) is 0 Å². The number of rotatable bonds is 4. The molecular formula is C17H19N3O3. The molecule has 6 nitrogen and oxygen atoms in total. The van der Waals surface area contributed by atoms with Gasteiger partial charge in [0.15, 0.2) is 0 Å². The normalized spacial score (nSPS) is 10.0. The summed E-state index contributed by atoms with van der Waals surface area (Å²) in [6.07, 6.45) is 0. The lowest BCUT2D eigenvalue weighted by atomic mass is 10.2. The Morgan fingerprint density at radius 2 is 1.87 bits per heavy atom. The maximum atomic E-state index is 11.9. The van der Waals surface area contributed by atoms with Gasteiger partial charge in [0.2, 0.25) is 0 Å². The molecule has 0 aliphatic heterocycles. The highest BCUT2D eigenvalue weighted by Gasteiger charge is 2.15. The van der Waals surface area contributed by atoms with E-state index in [0.717, 1.165) is 11.1 Å². The van der Waals surface area contributed by atoms with Crippen molar-refractivity contribution in [3.05, 3.63) is 53.6 Å². The Labute approximate surface area is 134 Å². The van der Waals surface area contributed by atoms with E-state index in [-0.39, 0.29) is 6.54 Å². The smallest absolute Gasteiger partial charge is 0.313 e. The van der Waals surface area contributed by atoms with Crippen molar-refractivity contribution in [2.45, 2.75) is 13.5 Å². The maximum Gasteiger partial charge on any atom is 0.313 e. The molecular weight excluding hydrogens is 294 g/mol. The predicted molar refractivity (Wildman–Crippen MR) is 89.1 cm³/mol. The average molecular weight is 313 g/mol. The molecule has 0 aliphatic carbocycles. The van der Waals surface area contributed by atoms with Gasteiger partial charge < -0.3 is 21.1 Å². The molecule has 2 rings (SSSR count). The highest BCUT2D eigenvalue weighted by molar-refractivity contribution is 6.39. The van der Waals surface area contributed by atoms with Crippen LogP contribution in [0.15, 0.2) is 42.5 Å². The largest absolute Gasteiger partial charge is 0.496 e. The first-order valence-corrected chi connectivity index (χ1v) is 7.08. The second kappa shape index (κ2) is 7.31. The van der Waals surface area contributed by atoms with E-state index in [4.69, 9.17) is 10.5 Å². The molecule has 0 aliphatic rings. The average Bonchev–Trinajstić information content (AvgIpc) is 2.56. The zero-order valence-electron chi connectivity index (χ0n) is 13.1. The number of benzene rings is 2. The standard InChI is InChI=1S/C17H19N3O3/c1-11-7-8-13(18)14(9-11)20-17(22)16(21)19-10-12-5-3-4-6-15(12)23-2/h3-9H,10,18H2,1-2H3,(H,19,21)(H,20,22). The van der Waals surface area contributed by atoms with Gasteiger partial charge in [-0.05, 0) is 30.7 Å². The van der Waals surface area contributed by atoms with Gasteiger partial charge in [0, 0.05) is 12.1 Å². The van der Waals surface area contributed by atoms with Crippen LogP contribution in [0, 0.1) is 6.92 Å². The number of aryl methyl sites for hydroxylation is 1. The summed E-state index contributed by atoms with van der Waals surface area (Å²) >= 11 is 0. The first-order chi connectivity index (χ1) is 11.0. The quantitative estimate of drug-likeness (QED) is 0.593. The number of amides is 2. The minimum atomic E-state index is -0.766. The number of para-hydroxylation sites is 1. The van der Waals surface area contributed by atoms with E-state index >= 15 is 0 Å². The molecule has 2 amide bonds. The van der Waals surface area contributed by atoms with Crippen LogP contribution < -0.4 is 21.1 Å². The Morgan fingerprint density at radius 1 is 1.13 bits per heavy atom. The number of nitrogen functional groups attached to an aromatic ring is 1. The number of ether oxygens (including phenoxy) is 1. The Kier molecular flexibility index (Phi) is 5.19. The zero-order chi connectivity index (χ0) is 16.8. The van der Waals surface area contributed by atoms with Crippen molar-refractivity contribution in [2.75, 3.05) is 18.2 Å². The summed E-state index contributed by atoms with van der Waals surface area (Å²) in [6.45, 7) is 2.07. The summed E-state index contributed by atoms with van der Waals surface area (Å²) in [5.41, 5.74) is 8.32. The van der Waals surface area contributed by atoms with E-state index in [0.29, 0.717) is 17.1 Å². The summed E-state index contributed by atoms with van der Waals surface area (Å²) in [5.74, 6) is -0.856. The molecule has 0 saturated carbocycles. The van der Waals surface area contributed by atoms with Gasteiger partial charge in [0.25, 0.3) is 0 Å². The van der Waals surface area contributed by atoms with E-state index in [2.05, 4.69) is 10.6 Å². The molecule has 0 atom stereocenters. The minimum absolute atomic E-state index is 0.194. The number of hydrogen-bond acceptors (Lipinski definition) is 4. The van der Waals surface area contributed by atoms with Crippen LogP contribution in [-0.2, 0) is 16.1 Å². The Hall–Kier alpha value is -3.02. The van der Waals surface area contributed by atoms with Gasteiger partial charge in [0.1, 0.15) is 5.75 Å². The molecule has 2 aromatic carbocycles. The minimum Gasteiger partial charge on any atom is -0.496 e. The Morgan fingerprint density at radius 3 is 2.61 bits per heavy atom. The van der Waals surface area contributed by atoms with Crippen LogP contribution in [-0.4, -0.2) is 18.9 Å². The van der Waals surface area contributed by atoms with Gasteiger partial charge in [-0.1, -0.05) is 24.3 Å². The number of anilines is 2. The lowest BCUT2D eigenvalue weighted by Gasteiger charge is -2.11. The van der Waals surface area contributed by atoms with Gasteiger partial charge >= 0.3 is 11.8 Å². The Bertz CT molecular complexity index is 729. The monoisotopic (exact) mass is 313 g/mol. The highest BCUT2D eigenvalue weighted by Crippen LogP contribution is 2.19. The summed E-state index contributed by atoms with van der Waals surface area (Å²) in [5, 5.41) is 5.06. The fourth-order valence-corrected chi connectivity index (χ4v) is 2.06. The first-order valence-electron chi connectivity index (χ1n) is 7.08. The third-order valence-electron chi connectivity index (χ3n) is 3.30. The lowest BCUT2D eigenvalue weighted by molar-refractivity contribution is -0.136. The fourth-order valence-electron chi connectivity index (χ4n) is 2.06. The molecule has 120 valence electrons. The molecule has 0 aromatic heterocycles. The third-order valence-corrected chi connectivity index (χ3v) is 3.30. The second-order valence-corrected chi connectivity index (χ2v) is 5.04. The number of methoxy groups -OCH3 is 1. The molecule has 6 heteroatoms. The van der Waals surface area contributed by atoms with Gasteiger partial charge in [-0.2, -0.15) is 0 Å². The van der Waals surface area contributed by atoms with Crippen molar-refractivity contribution in [2.24, 2.45) is 0 Å². The number of hydrogen-bond donors (Lipinski definition) is 3. The summed E-state index contributed by atoms with van der Waals surface area (Å²) in [6, 6.07) is 12.5. The van der Waals surface area contributed by atoms with Crippen LogP contribution in [0.4, 0.5) is 11.4 Å². The molecule has 23 heavy (non-hydrogen) atoms. The zero-order valence-corrected chi connectivity index (χ0v) is 13.1. The molecule has 0 spiro atoms. The van der Waals surface area contributed by atoms with Crippen molar-refractivity contribution >= 4 is 23.2 Å². The van der Waals surface area contributed by atoms with Gasteiger partial charge in [-0.25, -0.2) is 0 Å². The van der Waals surface area contributed by atoms with Crippen LogP contribution in [0.2, 0.25) is 0 Å². The topological polar surface area (TPSA) is 93.4 Å². The van der Waals surface area contributed by atoms with Crippen LogP contribution in [0.25, 0.3) is 0 Å². The van der Waals surface area contributed by atoms with E-state index < -0.39 is 11.8 Å². The number of nitrogens with two attached hydrogens (primary N) is 1. The number of nitrogens with one attached hydrogen (secondary N) is 2. The molecule has 2 aromatic rings. The molecule has 0 heterocycles. The predicted octanol–water partition coefficient (Wildman–Crippen LogP) is 1.84. The summed E-state index contributed by atoms with van der Waals surface area (Å²) in [7, 11) is 1.55. The van der Waals surface area contributed by atoms with Crippen molar-refractivity contribution in [3.8, 4) is 5.75 Å². The molecule has 0 saturated heterocycles. The molecule has 0 fully saturated rings. The van der Waals surface area contributed by atoms with Crippen LogP contribution in [0.1, 0.15) is 11.1 Å². The first kappa shape index (κ1) is 16.4. The lowest BCUT2D eigenvalue weighted by Crippen LogP contribution is -2.35. The summed E-state index contributed by atoms with van der Waals surface area (Å²) < 4.78 is 5.19. The molecule has 0 bridgehead atoms. The SMILES string of the molecule is COc1ccccc1CNC(=O)C(=O)Nc1cc(C)ccc1N. The molecule has 0 radical (unpaired) electrons. The van der Waals surface area contributed by atoms with Crippen LogP contribution >= 0.6 is 0 Å². The van der Waals surface area contributed by atoms with Crippen molar-refractivity contribution < 1.29 is 14.3 Å². The van der Waals surface area contributed by atoms with Crippen LogP contribution in [0.3, 0.4) is 0 Å². The van der Waals surface area contributed by atoms with E-state index in [1.807, 2.05) is 31.2 Å². The van der Waals surface area contributed by atoms with Crippen molar-refractivity contribution in [3.63, 3.8) is 0 Å². The van der Waals surface area contributed by atoms with Crippen molar-refractivity contribution in [1.29, 1.82) is 0 Å². The summed E-state index contributed by atoms with van der Waals surface area (Å²) in [4.78, 5) is 23.9. The van der Waals surface area contributed by atoms with Crippen LogP contribution in [0.5, 0.6) is 5.75 Å². The van der Waals surface area contributed by atoms with Crippen molar-refractivity contribution in [1.82, 2.24) is 5.32 Å². The number of carbonyl (C=O) groups excluding carboxylic acids is 2. The molecule has 4 N–H and O–H groups in total. The van der Waals surface area contributed by atoms with E-state index in [1.54, 1.807) is 25.3 Å².